The first-order chi connectivity index (χ1) is 14.4. The van der Waals surface area contributed by atoms with E-state index in [9.17, 15) is 22.0 Å². The van der Waals surface area contributed by atoms with E-state index in [0.29, 0.717) is 12.1 Å². The second-order valence-electron chi connectivity index (χ2n) is 6.65. The molecule has 30 heavy (non-hydrogen) atoms. The van der Waals surface area contributed by atoms with Crippen molar-refractivity contribution in [2.45, 2.75) is 19.8 Å². The molecule has 3 aromatic rings. The molecule has 1 nitrogen and oxygen atoms in total. The minimum Gasteiger partial charge on any atom is -0.256 e. The van der Waals surface area contributed by atoms with Gasteiger partial charge in [0, 0.05) is 18.3 Å². The van der Waals surface area contributed by atoms with E-state index in [1.807, 2.05) is 37.3 Å². The molecule has 0 radical (unpaired) electrons. The molecular weight excluding hydrogens is 397 g/mol. The maximum absolute atomic E-state index is 14.4. The summed E-state index contributed by atoms with van der Waals surface area (Å²) in [4.78, 5) is 4.06. The van der Waals surface area contributed by atoms with Crippen molar-refractivity contribution in [1.82, 2.24) is 0 Å². The van der Waals surface area contributed by atoms with E-state index in [-0.39, 0.29) is 5.69 Å². The Bertz CT molecular complexity index is 1060. The summed E-state index contributed by atoms with van der Waals surface area (Å²) < 4.78 is 68.8. The largest absolute Gasteiger partial charge is 0.256 e. The highest BCUT2D eigenvalue weighted by Crippen LogP contribution is 2.31. The Labute approximate surface area is 171 Å². The highest BCUT2D eigenvalue weighted by Gasteiger charge is 2.18. The summed E-state index contributed by atoms with van der Waals surface area (Å²) in [5.74, 6) is -6.88. The minimum atomic E-state index is -1.70. The number of nitrogens with zero attached hydrogens (tertiary/aromatic N) is 1. The summed E-state index contributed by atoms with van der Waals surface area (Å²) in [6.45, 7) is 1.97. The fraction of sp³-hybridized carbons (Fsp3) is 0.125. The number of benzene rings is 3. The first-order valence-corrected chi connectivity index (χ1v) is 9.27. The van der Waals surface area contributed by atoms with Gasteiger partial charge >= 0.3 is 0 Å². The van der Waals surface area contributed by atoms with Crippen molar-refractivity contribution in [2.75, 3.05) is 0 Å². The van der Waals surface area contributed by atoms with E-state index in [0.717, 1.165) is 36.1 Å². The predicted octanol–water partition coefficient (Wildman–Crippen LogP) is 7.31. The van der Waals surface area contributed by atoms with Gasteiger partial charge in [0.15, 0.2) is 17.5 Å². The van der Waals surface area contributed by atoms with Crippen LogP contribution in [0.4, 0.5) is 27.6 Å². The van der Waals surface area contributed by atoms with Crippen LogP contribution in [-0.4, -0.2) is 6.21 Å². The predicted molar refractivity (Wildman–Crippen MR) is 108 cm³/mol. The molecule has 0 saturated carbocycles. The standard InChI is InChI=1S/C24H18F5N/c1-2-3-4-5-15-6-8-16(9-7-15)14-30-18-12-19(25)23(20(26)13-18)17-10-21(27)24(29)22(28)11-17/h2-3,6-14H,4-5H2,1H3/b3-2+,30-14?. The van der Waals surface area contributed by atoms with Crippen LogP contribution in [0, 0.1) is 29.1 Å². The number of aliphatic imine (C=N–C) groups is 1. The van der Waals surface area contributed by atoms with Crippen molar-refractivity contribution in [3.63, 3.8) is 0 Å². The average Bonchev–Trinajstić information content (AvgIpc) is 2.71. The van der Waals surface area contributed by atoms with Gasteiger partial charge in [-0.25, -0.2) is 22.0 Å². The van der Waals surface area contributed by atoms with Crippen molar-refractivity contribution < 1.29 is 22.0 Å². The topological polar surface area (TPSA) is 12.4 Å². The van der Waals surface area contributed by atoms with Gasteiger partial charge in [-0.05, 0) is 48.6 Å². The van der Waals surface area contributed by atoms with Crippen LogP contribution < -0.4 is 0 Å². The molecule has 3 rings (SSSR count). The third-order valence-corrected chi connectivity index (χ3v) is 4.48. The Hall–Kier alpha value is -3.28. The number of hydrogen-bond donors (Lipinski definition) is 0. The second-order valence-corrected chi connectivity index (χ2v) is 6.65. The highest BCUT2D eigenvalue weighted by atomic mass is 19.2. The van der Waals surface area contributed by atoms with Crippen molar-refractivity contribution in [3.8, 4) is 11.1 Å². The van der Waals surface area contributed by atoms with Gasteiger partial charge in [0.1, 0.15) is 11.6 Å². The zero-order chi connectivity index (χ0) is 21.7. The summed E-state index contributed by atoms with van der Waals surface area (Å²) in [6.07, 6.45) is 7.38. The maximum atomic E-state index is 14.4. The third-order valence-electron chi connectivity index (χ3n) is 4.48. The Morgan fingerprint density at radius 1 is 0.800 bits per heavy atom. The number of hydrogen-bond acceptors (Lipinski definition) is 1. The molecule has 6 heteroatoms. The normalized spacial score (nSPS) is 11.7. The van der Waals surface area contributed by atoms with Crippen LogP contribution in [0.25, 0.3) is 11.1 Å². The number of aryl methyl sites for hydroxylation is 1. The van der Waals surface area contributed by atoms with Gasteiger partial charge in [-0.3, -0.25) is 4.99 Å². The summed E-state index contributed by atoms with van der Waals surface area (Å²) in [5.41, 5.74) is 0.805. The minimum absolute atomic E-state index is 0.00559. The van der Waals surface area contributed by atoms with Gasteiger partial charge in [-0.15, -0.1) is 0 Å². The molecule has 0 heterocycles. The van der Waals surface area contributed by atoms with Gasteiger partial charge in [-0.2, -0.15) is 0 Å². The van der Waals surface area contributed by atoms with Gasteiger partial charge in [0.25, 0.3) is 0 Å². The number of allylic oxidation sites excluding steroid dienone is 2. The molecule has 0 amide bonds. The summed E-state index contributed by atoms with van der Waals surface area (Å²) >= 11 is 0. The van der Waals surface area contributed by atoms with E-state index in [4.69, 9.17) is 0 Å². The number of halogens is 5. The highest BCUT2D eigenvalue weighted by molar-refractivity contribution is 5.82. The molecule has 0 atom stereocenters. The Morgan fingerprint density at radius 2 is 1.40 bits per heavy atom. The van der Waals surface area contributed by atoms with Gasteiger partial charge < -0.3 is 0 Å². The summed E-state index contributed by atoms with van der Waals surface area (Å²) in [5, 5.41) is 0. The zero-order valence-corrected chi connectivity index (χ0v) is 16.1. The fourth-order valence-corrected chi connectivity index (χ4v) is 2.95. The van der Waals surface area contributed by atoms with Crippen molar-refractivity contribution >= 4 is 11.9 Å². The second kappa shape index (κ2) is 9.48. The van der Waals surface area contributed by atoms with Gasteiger partial charge in [0.05, 0.1) is 11.3 Å². The van der Waals surface area contributed by atoms with Crippen molar-refractivity contribution in [3.05, 3.63) is 101 Å². The molecule has 0 aliphatic rings. The maximum Gasteiger partial charge on any atom is 0.194 e. The summed E-state index contributed by atoms with van der Waals surface area (Å²) in [6, 6.07) is 10.6. The van der Waals surface area contributed by atoms with Crippen molar-refractivity contribution in [2.24, 2.45) is 4.99 Å². The van der Waals surface area contributed by atoms with E-state index in [2.05, 4.69) is 11.1 Å². The molecule has 0 aromatic heterocycles. The quantitative estimate of drug-likeness (QED) is 0.173. The first kappa shape index (κ1) is 21.4. The zero-order valence-electron chi connectivity index (χ0n) is 16.1. The first-order valence-electron chi connectivity index (χ1n) is 9.27. The van der Waals surface area contributed by atoms with E-state index >= 15 is 0 Å². The van der Waals surface area contributed by atoms with Crippen LogP contribution in [-0.2, 0) is 6.42 Å². The lowest BCUT2D eigenvalue weighted by Crippen LogP contribution is -1.96. The lowest BCUT2D eigenvalue weighted by atomic mass is 10.0. The SMILES string of the molecule is C/C=C/CCc1ccc(C=Nc2cc(F)c(-c3cc(F)c(F)c(F)c3)c(F)c2)cc1. The van der Waals surface area contributed by atoms with Gasteiger partial charge in [-0.1, -0.05) is 36.4 Å². The molecule has 0 aliphatic heterocycles. The van der Waals surface area contributed by atoms with Crippen LogP contribution in [0.1, 0.15) is 24.5 Å². The number of rotatable bonds is 6. The average molecular weight is 415 g/mol. The Morgan fingerprint density at radius 3 is 1.97 bits per heavy atom. The Balaban J connectivity index is 1.82. The van der Waals surface area contributed by atoms with Crippen LogP contribution in [0.2, 0.25) is 0 Å². The molecule has 0 aliphatic carbocycles. The van der Waals surface area contributed by atoms with E-state index in [1.165, 1.54) is 6.21 Å². The van der Waals surface area contributed by atoms with Crippen LogP contribution in [0.15, 0.2) is 65.7 Å². The summed E-state index contributed by atoms with van der Waals surface area (Å²) in [7, 11) is 0. The Kier molecular flexibility index (Phi) is 6.77. The molecule has 0 saturated heterocycles. The van der Waals surface area contributed by atoms with Crippen LogP contribution in [0.5, 0.6) is 0 Å². The van der Waals surface area contributed by atoms with E-state index in [1.54, 1.807) is 0 Å². The molecule has 0 fully saturated rings. The lowest BCUT2D eigenvalue weighted by molar-refractivity contribution is 0.447. The molecule has 0 bridgehead atoms. The van der Waals surface area contributed by atoms with Crippen LogP contribution >= 0.6 is 0 Å². The van der Waals surface area contributed by atoms with Crippen molar-refractivity contribution in [1.29, 1.82) is 0 Å². The molecule has 0 unspecified atom stereocenters. The van der Waals surface area contributed by atoms with E-state index < -0.39 is 40.2 Å². The lowest BCUT2D eigenvalue weighted by Gasteiger charge is -2.08. The van der Waals surface area contributed by atoms with Crippen LogP contribution in [0.3, 0.4) is 0 Å². The molecule has 3 aromatic carbocycles. The third kappa shape index (κ3) is 5.00. The molecule has 0 N–H and O–H groups in total. The van der Waals surface area contributed by atoms with Gasteiger partial charge in [0.2, 0.25) is 0 Å². The molecular formula is C24H18F5N. The fourth-order valence-electron chi connectivity index (χ4n) is 2.95. The molecule has 154 valence electrons. The monoisotopic (exact) mass is 415 g/mol. The smallest absolute Gasteiger partial charge is 0.194 e. The molecule has 0 spiro atoms.